The molecule has 0 spiro atoms. The number of hydrogen-bond donors (Lipinski definition) is 3. The number of carbonyl (C=O) groups excluding carboxylic acids is 2. The summed E-state index contributed by atoms with van der Waals surface area (Å²) in [5, 5.41) is 5.69. The molecule has 0 heterocycles. The second-order valence-electron chi connectivity index (χ2n) is 5.95. The molecule has 0 unspecified atom stereocenters. The van der Waals surface area contributed by atoms with Crippen molar-refractivity contribution in [1.82, 2.24) is 5.32 Å². The predicted molar refractivity (Wildman–Crippen MR) is 78.6 cm³/mol. The van der Waals surface area contributed by atoms with Gasteiger partial charge in [0.25, 0.3) is 5.91 Å². The van der Waals surface area contributed by atoms with E-state index in [1.54, 1.807) is 26.0 Å². The predicted octanol–water partition coefficient (Wildman–Crippen LogP) is 1.56. The molecule has 1 fully saturated rings. The van der Waals surface area contributed by atoms with E-state index in [4.69, 9.17) is 5.73 Å². The summed E-state index contributed by atoms with van der Waals surface area (Å²) in [5.74, 6) is -0.379. The largest absolute Gasteiger partial charge is 0.349 e. The Labute approximate surface area is 118 Å². The molecule has 4 N–H and O–H groups in total. The summed E-state index contributed by atoms with van der Waals surface area (Å²) in [6, 6.07) is 5.58. The first-order valence-corrected chi connectivity index (χ1v) is 6.79. The van der Waals surface area contributed by atoms with Gasteiger partial charge in [-0.05, 0) is 51.3 Å². The van der Waals surface area contributed by atoms with Crippen molar-refractivity contribution in [3.8, 4) is 0 Å². The van der Waals surface area contributed by atoms with E-state index in [1.807, 2.05) is 13.0 Å². The lowest BCUT2D eigenvalue weighted by atomic mass is 10.0. The minimum absolute atomic E-state index is 0.102. The van der Waals surface area contributed by atoms with Crippen LogP contribution in [0.3, 0.4) is 0 Å². The highest BCUT2D eigenvalue weighted by Crippen LogP contribution is 2.21. The molecular weight excluding hydrogens is 254 g/mol. The van der Waals surface area contributed by atoms with Gasteiger partial charge in [0, 0.05) is 17.3 Å². The highest BCUT2D eigenvalue weighted by molar-refractivity contribution is 6.00. The quantitative estimate of drug-likeness (QED) is 0.779. The smallest absolute Gasteiger partial charge is 0.251 e. The molecule has 0 saturated heterocycles. The van der Waals surface area contributed by atoms with Crippen molar-refractivity contribution in [3.05, 3.63) is 29.3 Å². The fourth-order valence-corrected chi connectivity index (χ4v) is 1.68. The van der Waals surface area contributed by atoms with E-state index in [-0.39, 0.29) is 11.8 Å². The standard InChI is InChI=1S/C15H21N3O2/c1-9-4-5-10(13(19)17-11-6-7-11)8-12(9)18-14(20)15(2,3)16/h4-5,8,11H,6-7,16H2,1-3H3,(H,17,19)(H,18,20). The van der Waals surface area contributed by atoms with Crippen LogP contribution in [-0.4, -0.2) is 23.4 Å². The van der Waals surface area contributed by atoms with Crippen molar-refractivity contribution in [2.75, 3.05) is 5.32 Å². The van der Waals surface area contributed by atoms with Crippen LogP contribution in [-0.2, 0) is 4.79 Å². The molecule has 2 amide bonds. The topological polar surface area (TPSA) is 84.2 Å². The minimum atomic E-state index is -0.960. The maximum atomic E-state index is 12.0. The zero-order valence-electron chi connectivity index (χ0n) is 12.1. The van der Waals surface area contributed by atoms with Gasteiger partial charge < -0.3 is 16.4 Å². The third kappa shape index (κ3) is 3.57. The van der Waals surface area contributed by atoms with Gasteiger partial charge in [-0.2, -0.15) is 0 Å². The van der Waals surface area contributed by atoms with Crippen LogP contribution >= 0.6 is 0 Å². The summed E-state index contributed by atoms with van der Waals surface area (Å²) >= 11 is 0. The molecule has 1 aromatic rings. The number of aryl methyl sites for hydroxylation is 1. The molecule has 20 heavy (non-hydrogen) atoms. The molecule has 1 aliphatic rings. The number of benzene rings is 1. The van der Waals surface area contributed by atoms with Gasteiger partial charge in [-0.25, -0.2) is 0 Å². The molecule has 0 atom stereocenters. The Morgan fingerprint density at radius 3 is 2.50 bits per heavy atom. The Kier molecular flexibility index (Phi) is 3.81. The minimum Gasteiger partial charge on any atom is -0.349 e. The second kappa shape index (κ2) is 5.25. The summed E-state index contributed by atoms with van der Waals surface area (Å²) in [4.78, 5) is 23.9. The molecular formula is C15H21N3O2. The van der Waals surface area contributed by atoms with E-state index in [9.17, 15) is 9.59 Å². The summed E-state index contributed by atoms with van der Waals surface area (Å²) < 4.78 is 0. The van der Waals surface area contributed by atoms with Crippen LogP contribution in [0.2, 0.25) is 0 Å². The molecule has 0 aliphatic heterocycles. The molecule has 1 aliphatic carbocycles. The Morgan fingerprint density at radius 1 is 1.30 bits per heavy atom. The molecule has 108 valence electrons. The Balaban J connectivity index is 2.15. The number of carbonyl (C=O) groups is 2. The summed E-state index contributed by atoms with van der Waals surface area (Å²) in [5.41, 5.74) is 6.86. The normalized spacial score (nSPS) is 14.8. The van der Waals surface area contributed by atoms with Crippen molar-refractivity contribution in [3.63, 3.8) is 0 Å². The zero-order chi connectivity index (χ0) is 14.9. The lowest BCUT2D eigenvalue weighted by Crippen LogP contribution is -2.45. The second-order valence-corrected chi connectivity index (χ2v) is 5.95. The molecule has 0 aromatic heterocycles. The van der Waals surface area contributed by atoms with Gasteiger partial charge in [-0.1, -0.05) is 6.07 Å². The Bertz CT molecular complexity index is 543. The van der Waals surface area contributed by atoms with E-state index >= 15 is 0 Å². The van der Waals surface area contributed by atoms with Crippen LogP contribution in [0.5, 0.6) is 0 Å². The highest BCUT2D eigenvalue weighted by Gasteiger charge is 2.25. The maximum Gasteiger partial charge on any atom is 0.251 e. The van der Waals surface area contributed by atoms with Gasteiger partial charge in [-0.15, -0.1) is 0 Å². The fourth-order valence-electron chi connectivity index (χ4n) is 1.68. The average Bonchev–Trinajstić information content (AvgIpc) is 3.14. The molecule has 1 saturated carbocycles. The lowest BCUT2D eigenvalue weighted by Gasteiger charge is -2.19. The average molecular weight is 275 g/mol. The van der Waals surface area contributed by atoms with Crippen LogP contribution in [0, 0.1) is 6.92 Å². The van der Waals surface area contributed by atoms with Gasteiger partial charge in [0.1, 0.15) is 0 Å². The van der Waals surface area contributed by atoms with Crippen LogP contribution in [0.1, 0.15) is 42.6 Å². The summed E-state index contributed by atoms with van der Waals surface area (Å²) in [6.45, 7) is 5.16. The molecule has 1 aromatic carbocycles. The van der Waals surface area contributed by atoms with Crippen LogP contribution < -0.4 is 16.4 Å². The van der Waals surface area contributed by atoms with Crippen LogP contribution in [0.15, 0.2) is 18.2 Å². The number of nitrogens with two attached hydrogens (primary N) is 1. The number of rotatable bonds is 4. The third-order valence-corrected chi connectivity index (χ3v) is 3.25. The number of amides is 2. The maximum absolute atomic E-state index is 12.0. The molecule has 0 bridgehead atoms. The van der Waals surface area contributed by atoms with Crippen molar-refractivity contribution in [2.24, 2.45) is 5.73 Å². The van der Waals surface area contributed by atoms with E-state index in [0.717, 1.165) is 18.4 Å². The van der Waals surface area contributed by atoms with Gasteiger partial charge in [0.05, 0.1) is 5.54 Å². The van der Waals surface area contributed by atoms with Gasteiger partial charge in [0.15, 0.2) is 0 Å². The Morgan fingerprint density at radius 2 is 1.95 bits per heavy atom. The molecule has 0 radical (unpaired) electrons. The van der Waals surface area contributed by atoms with Crippen LogP contribution in [0.25, 0.3) is 0 Å². The zero-order valence-corrected chi connectivity index (χ0v) is 12.1. The number of nitrogens with one attached hydrogen (secondary N) is 2. The lowest BCUT2D eigenvalue weighted by molar-refractivity contribution is -0.120. The Hall–Kier alpha value is -1.88. The first-order valence-electron chi connectivity index (χ1n) is 6.79. The van der Waals surface area contributed by atoms with Gasteiger partial charge in [0.2, 0.25) is 5.91 Å². The van der Waals surface area contributed by atoms with E-state index in [0.29, 0.717) is 17.3 Å². The van der Waals surface area contributed by atoms with Crippen molar-refractivity contribution < 1.29 is 9.59 Å². The highest BCUT2D eigenvalue weighted by atomic mass is 16.2. The number of hydrogen-bond acceptors (Lipinski definition) is 3. The first-order chi connectivity index (χ1) is 9.27. The van der Waals surface area contributed by atoms with Crippen LogP contribution in [0.4, 0.5) is 5.69 Å². The number of anilines is 1. The summed E-state index contributed by atoms with van der Waals surface area (Å²) in [7, 11) is 0. The fraction of sp³-hybridized carbons (Fsp3) is 0.467. The van der Waals surface area contributed by atoms with Crippen molar-refractivity contribution >= 4 is 17.5 Å². The van der Waals surface area contributed by atoms with E-state index in [2.05, 4.69) is 10.6 Å². The molecule has 5 nitrogen and oxygen atoms in total. The first kappa shape index (κ1) is 14.5. The van der Waals surface area contributed by atoms with Gasteiger partial charge in [-0.3, -0.25) is 9.59 Å². The van der Waals surface area contributed by atoms with E-state index in [1.165, 1.54) is 0 Å². The molecule has 5 heteroatoms. The SMILES string of the molecule is Cc1ccc(C(=O)NC2CC2)cc1NC(=O)C(C)(C)N. The van der Waals surface area contributed by atoms with Gasteiger partial charge >= 0.3 is 0 Å². The van der Waals surface area contributed by atoms with E-state index < -0.39 is 5.54 Å². The monoisotopic (exact) mass is 275 g/mol. The molecule has 2 rings (SSSR count). The summed E-state index contributed by atoms with van der Waals surface area (Å²) in [6.07, 6.45) is 2.09. The third-order valence-electron chi connectivity index (χ3n) is 3.25. The van der Waals surface area contributed by atoms with Crippen molar-refractivity contribution in [1.29, 1.82) is 0 Å². The van der Waals surface area contributed by atoms with Crippen molar-refractivity contribution in [2.45, 2.75) is 45.2 Å².